The summed E-state index contributed by atoms with van der Waals surface area (Å²) in [5.74, 6) is -0.424. The van der Waals surface area contributed by atoms with Crippen LogP contribution in [0.5, 0.6) is 0 Å². The second-order valence-corrected chi connectivity index (χ2v) is 4.36. The summed E-state index contributed by atoms with van der Waals surface area (Å²) in [5.41, 5.74) is 1.79. The highest BCUT2D eigenvalue weighted by Gasteiger charge is 2.08. The Hall–Kier alpha value is -2.12. The quantitative estimate of drug-likeness (QED) is 0.894. The van der Waals surface area contributed by atoms with Crippen LogP contribution in [0.4, 0.5) is 4.39 Å². The largest absolute Gasteiger partial charge is 0.349 e. The van der Waals surface area contributed by atoms with Crippen molar-refractivity contribution >= 4 is 0 Å². The molecule has 3 nitrogen and oxygen atoms in total. The Morgan fingerprint density at radius 3 is 2.95 bits per heavy atom. The van der Waals surface area contributed by atoms with Gasteiger partial charge in [-0.05, 0) is 24.2 Å². The van der Waals surface area contributed by atoms with E-state index in [2.05, 4.69) is 12.2 Å². The summed E-state index contributed by atoms with van der Waals surface area (Å²) >= 11 is 0. The molecule has 2 aromatic rings. The van der Waals surface area contributed by atoms with Crippen LogP contribution in [0, 0.1) is 17.1 Å². The second kappa shape index (κ2) is 6.17. The summed E-state index contributed by atoms with van der Waals surface area (Å²) in [5, 5.41) is 12.0. The Morgan fingerprint density at radius 1 is 1.37 bits per heavy atom. The molecular weight excluding hydrogens is 241 g/mol. The lowest BCUT2D eigenvalue weighted by molar-refractivity contribution is 0.596. The van der Waals surface area contributed by atoms with Crippen LogP contribution in [0.2, 0.25) is 0 Å². The molecule has 1 aromatic carbocycles. The topological polar surface area (TPSA) is 40.8 Å². The van der Waals surface area contributed by atoms with Crippen LogP contribution in [0.1, 0.15) is 23.6 Å². The van der Waals surface area contributed by atoms with Crippen molar-refractivity contribution in [3.63, 3.8) is 0 Å². The van der Waals surface area contributed by atoms with Crippen molar-refractivity contribution in [2.24, 2.45) is 0 Å². The smallest absolute Gasteiger partial charge is 0.145 e. The molecule has 0 aliphatic rings. The van der Waals surface area contributed by atoms with Gasteiger partial charge in [-0.1, -0.05) is 19.1 Å². The molecule has 98 valence electrons. The number of nitriles is 1. The molecule has 1 N–H and O–H groups in total. The van der Waals surface area contributed by atoms with Crippen LogP contribution in [0.3, 0.4) is 0 Å². The molecule has 19 heavy (non-hydrogen) atoms. The number of nitrogens with one attached hydrogen (secondary N) is 1. The minimum Gasteiger partial charge on any atom is -0.349 e. The average Bonchev–Trinajstić information content (AvgIpc) is 2.86. The fourth-order valence-electron chi connectivity index (χ4n) is 1.95. The van der Waals surface area contributed by atoms with Crippen molar-refractivity contribution in [1.29, 1.82) is 5.26 Å². The lowest BCUT2D eigenvalue weighted by Crippen LogP contribution is -2.11. The monoisotopic (exact) mass is 257 g/mol. The molecule has 0 amide bonds. The first-order valence-corrected chi connectivity index (χ1v) is 6.27. The second-order valence-electron chi connectivity index (χ2n) is 4.36. The zero-order valence-corrected chi connectivity index (χ0v) is 10.9. The molecule has 1 heterocycles. The highest BCUT2D eigenvalue weighted by atomic mass is 19.1. The van der Waals surface area contributed by atoms with Gasteiger partial charge in [-0.15, -0.1) is 0 Å². The number of nitrogens with zero attached hydrogens (tertiary/aromatic N) is 2. The number of benzene rings is 1. The molecular formula is C15H16FN3. The number of halogens is 1. The summed E-state index contributed by atoms with van der Waals surface area (Å²) < 4.78 is 15.8. The molecule has 1 aromatic heterocycles. The first-order chi connectivity index (χ1) is 9.24. The van der Waals surface area contributed by atoms with Crippen molar-refractivity contribution in [3.05, 3.63) is 59.2 Å². The van der Waals surface area contributed by atoms with Crippen molar-refractivity contribution < 1.29 is 4.39 Å². The van der Waals surface area contributed by atoms with Gasteiger partial charge in [0, 0.05) is 31.0 Å². The minimum atomic E-state index is -0.424. The third kappa shape index (κ3) is 3.21. The zero-order chi connectivity index (χ0) is 13.7. The van der Waals surface area contributed by atoms with Crippen LogP contribution in [0.25, 0.3) is 0 Å². The fraction of sp³-hybridized carbons (Fsp3) is 0.267. The molecule has 0 aliphatic carbocycles. The van der Waals surface area contributed by atoms with E-state index in [1.54, 1.807) is 12.1 Å². The minimum absolute atomic E-state index is 0.0949. The Morgan fingerprint density at radius 2 is 2.21 bits per heavy atom. The van der Waals surface area contributed by atoms with Crippen molar-refractivity contribution in [2.45, 2.75) is 20.0 Å². The number of hydrogen-bond acceptors (Lipinski definition) is 2. The normalized spacial score (nSPS) is 10.4. The molecule has 0 bridgehead atoms. The van der Waals surface area contributed by atoms with Gasteiger partial charge in [0.1, 0.15) is 11.9 Å². The lowest BCUT2D eigenvalue weighted by Gasteiger charge is -2.05. The molecule has 0 unspecified atom stereocenters. The van der Waals surface area contributed by atoms with Crippen LogP contribution >= 0.6 is 0 Å². The molecule has 0 radical (unpaired) electrons. The number of hydrogen-bond donors (Lipinski definition) is 1. The van der Waals surface area contributed by atoms with Crippen LogP contribution in [-0.2, 0) is 13.1 Å². The standard InChI is InChI=1S/C15H16FN3/c1-2-18-9-12-6-7-19(10-12)11-14-5-3-4-13(8-17)15(14)16/h3-7,10,18H,2,9,11H2,1H3. The molecule has 0 fully saturated rings. The maximum Gasteiger partial charge on any atom is 0.145 e. The SMILES string of the molecule is CCNCc1ccn(Cc2cccc(C#N)c2F)c1. The summed E-state index contributed by atoms with van der Waals surface area (Å²) in [4.78, 5) is 0. The maximum absolute atomic E-state index is 13.9. The van der Waals surface area contributed by atoms with Gasteiger partial charge in [-0.3, -0.25) is 0 Å². The van der Waals surface area contributed by atoms with E-state index in [1.165, 1.54) is 11.6 Å². The van der Waals surface area contributed by atoms with E-state index in [9.17, 15) is 4.39 Å². The van der Waals surface area contributed by atoms with Crippen LogP contribution in [-0.4, -0.2) is 11.1 Å². The Kier molecular flexibility index (Phi) is 4.32. The summed E-state index contributed by atoms with van der Waals surface area (Å²) in [6, 6.07) is 8.78. The third-order valence-corrected chi connectivity index (χ3v) is 2.94. The van der Waals surface area contributed by atoms with Gasteiger partial charge in [0.05, 0.1) is 5.56 Å². The van der Waals surface area contributed by atoms with Crippen molar-refractivity contribution in [3.8, 4) is 6.07 Å². The summed E-state index contributed by atoms with van der Waals surface area (Å²) in [7, 11) is 0. The van der Waals surface area contributed by atoms with Gasteiger partial charge in [-0.2, -0.15) is 5.26 Å². The van der Waals surface area contributed by atoms with Gasteiger partial charge in [0.15, 0.2) is 0 Å². The molecule has 2 rings (SSSR count). The third-order valence-electron chi connectivity index (χ3n) is 2.94. The van der Waals surface area contributed by atoms with Gasteiger partial charge in [0.25, 0.3) is 0 Å². The predicted molar refractivity (Wildman–Crippen MR) is 72.0 cm³/mol. The van der Waals surface area contributed by atoms with E-state index in [0.29, 0.717) is 12.1 Å². The highest BCUT2D eigenvalue weighted by molar-refractivity contribution is 5.35. The van der Waals surface area contributed by atoms with E-state index in [-0.39, 0.29) is 5.56 Å². The van der Waals surface area contributed by atoms with Crippen molar-refractivity contribution in [1.82, 2.24) is 9.88 Å². The summed E-state index contributed by atoms with van der Waals surface area (Å²) in [6.07, 6.45) is 3.91. The number of rotatable bonds is 5. The molecule has 0 aliphatic heterocycles. The first-order valence-electron chi connectivity index (χ1n) is 6.27. The van der Waals surface area contributed by atoms with Gasteiger partial charge >= 0.3 is 0 Å². The van der Waals surface area contributed by atoms with Crippen molar-refractivity contribution in [2.75, 3.05) is 6.54 Å². The highest BCUT2D eigenvalue weighted by Crippen LogP contribution is 2.14. The Labute approximate surface area is 112 Å². The number of aromatic nitrogens is 1. The van der Waals surface area contributed by atoms with E-state index >= 15 is 0 Å². The van der Waals surface area contributed by atoms with E-state index in [4.69, 9.17) is 5.26 Å². The molecule has 0 spiro atoms. The van der Waals surface area contributed by atoms with Crippen LogP contribution in [0.15, 0.2) is 36.7 Å². The van der Waals surface area contributed by atoms with Gasteiger partial charge in [0.2, 0.25) is 0 Å². The molecule has 0 saturated heterocycles. The first kappa shape index (κ1) is 13.3. The van der Waals surface area contributed by atoms with E-state index < -0.39 is 5.82 Å². The van der Waals surface area contributed by atoms with E-state index in [0.717, 1.165) is 13.1 Å². The predicted octanol–water partition coefficient (Wildman–Crippen LogP) is 2.66. The molecule has 4 heteroatoms. The fourth-order valence-corrected chi connectivity index (χ4v) is 1.95. The van der Waals surface area contributed by atoms with E-state index in [1.807, 2.05) is 29.1 Å². The van der Waals surface area contributed by atoms with Gasteiger partial charge < -0.3 is 9.88 Å². The average molecular weight is 257 g/mol. The summed E-state index contributed by atoms with van der Waals surface area (Å²) in [6.45, 7) is 4.22. The maximum atomic E-state index is 13.9. The molecule has 0 saturated carbocycles. The van der Waals surface area contributed by atoms with Crippen LogP contribution < -0.4 is 5.32 Å². The Bertz CT molecular complexity index is 596. The zero-order valence-electron chi connectivity index (χ0n) is 10.9. The lowest BCUT2D eigenvalue weighted by atomic mass is 10.1. The Balaban J connectivity index is 2.13. The molecule has 0 atom stereocenters. The van der Waals surface area contributed by atoms with Gasteiger partial charge in [-0.25, -0.2) is 4.39 Å².